The van der Waals surface area contributed by atoms with Crippen LogP contribution in [0.25, 0.3) is 11.4 Å². The van der Waals surface area contributed by atoms with E-state index in [0.29, 0.717) is 11.3 Å². The molecule has 26 heavy (non-hydrogen) atoms. The summed E-state index contributed by atoms with van der Waals surface area (Å²) in [7, 11) is 1.46. The third-order valence-corrected chi connectivity index (χ3v) is 3.17. The van der Waals surface area contributed by atoms with Crippen LogP contribution in [-0.2, 0) is 12.8 Å². The Balaban J connectivity index is 1.74. The van der Waals surface area contributed by atoms with Crippen LogP contribution in [0.1, 0.15) is 11.5 Å². The molecule has 0 spiro atoms. The van der Waals surface area contributed by atoms with Crippen molar-refractivity contribution in [2.75, 3.05) is 7.11 Å². The molecule has 0 aliphatic heterocycles. The predicted molar refractivity (Wildman–Crippen MR) is 77.6 cm³/mol. The SMILES string of the molecule is COc1cnnc(OCc2ccc(-c3noc(C(F)(F)F)n3)c(F)c2)c1. The quantitative estimate of drug-likeness (QED) is 0.638. The highest BCUT2D eigenvalue weighted by atomic mass is 19.4. The van der Waals surface area contributed by atoms with Crippen molar-refractivity contribution in [1.82, 2.24) is 20.3 Å². The lowest BCUT2D eigenvalue weighted by Gasteiger charge is -2.07. The molecule has 3 aromatic rings. The highest BCUT2D eigenvalue weighted by Gasteiger charge is 2.38. The molecule has 2 aromatic heterocycles. The molecule has 0 amide bonds. The van der Waals surface area contributed by atoms with Crippen LogP contribution >= 0.6 is 0 Å². The molecule has 0 saturated heterocycles. The summed E-state index contributed by atoms with van der Waals surface area (Å²) in [5.41, 5.74) is 0.185. The number of nitrogens with zero attached hydrogens (tertiary/aromatic N) is 4. The lowest BCUT2D eigenvalue weighted by molar-refractivity contribution is -0.159. The zero-order valence-corrected chi connectivity index (χ0v) is 13.1. The first-order chi connectivity index (χ1) is 12.4. The topological polar surface area (TPSA) is 83.2 Å². The van der Waals surface area contributed by atoms with Gasteiger partial charge in [0.2, 0.25) is 11.7 Å². The Kier molecular flexibility index (Phi) is 4.69. The van der Waals surface area contributed by atoms with Gasteiger partial charge in [-0.05, 0) is 17.7 Å². The molecule has 0 aliphatic rings. The third kappa shape index (κ3) is 3.87. The van der Waals surface area contributed by atoms with Gasteiger partial charge in [0, 0.05) is 6.07 Å². The summed E-state index contributed by atoms with van der Waals surface area (Å²) in [6.07, 6.45) is -3.41. The highest BCUT2D eigenvalue weighted by Crippen LogP contribution is 2.30. The summed E-state index contributed by atoms with van der Waals surface area (Å²) < 4.78 is 66.0. The highest BCUT2D eigenvalue weighted by molar-refractivity contribution is 5.55. The number of alkyl halides is 3. The van der Waals surface area contributed by atoms with Crippen LogP contribution < -0.4 is 9.47 Å². The van der Waals surface area contributed by atoms with Crippen molar-refractivity contribution in [1.29, 1.82) is 0 Å². The van der Waals surface area contributed by atoms with Crippen molar-refractivity contribution in [3.05, 3.63) is 47.7 Å². The van der Waals surface area contributed by atoms with Crippen LogP contribution in [0.4, 0.5) is 17.6 Å². The fraction of sp³-hybridized carbons (Fsp3) is 0.200. The van der Waals surface area contributed by atoms with Gasteiger partial charge in [-0.1, -0.05) is 11.2 Å². The van der Waals surface area contributed by atoms with E-state index < -0.39 is 23.7 Å². The number of halogens is 4. The number of ether oxygens (including phenoxy) is 2. The van der Waals surface area contributed by atoms with E-state index in [-0.39, 0.29) is 18.1 Å². The number of hydrogen-bond donors (Lipinski definition) is 0. The first-order valence-corrected chi connectivity index (χ1v) is 7.06. The minimum absolute atomic E-state index is 0.0426. The van der Waals surface area contributed by atoms with Gasteiger partial charge in [0.15, 0.2) is 0 Å². The van der Waals surface area contributed by atoms with Crippen molar-refractivity contribution in [3.8, 4) is 23.0 Å². The summed E-state index contributed by atoms with van der Waals surface area (Å²) >= 11 is 0. The monoisotopic (exact) mass is 370 g/mol. The summed E-state index contributed by atoms with van der Waals surface area (Å²) in [5, 5.41) is 10.5. The standard InChI is InChI=1S/C15H10F4N4O3/c1-24-9-5-12(22-20-6-9)25-7-8-2-3-10(11(16)4-8)13-21-14(26-23-13)15(17,18)19/h2-6H,7H2,1H3. The average Bonchev–Trinajstić information content (AvgIpc) is 3.10. The van der Waals surface area contributed by atoms with E-state index in [1.807, 2.05) is 0 Å². The molecule has 0 unspecified atom stereocenters. The van der Waals surface area contributed by atoms with Gasteiger partial charge in [-0.25, -0.2) is 4.39 Å². The lowest BCUT2D eigenvalue weighted by Crippen LogP contribution is -2.05. The molecule has 3 rings (SSSR count). The molecular formula is C15H10F4N4O3. The Hall–Kier alpha value is -3.24. The maximum Gasteiger partial charge on any atom is 0.471 e. The molecular weight excluding hydrogens is 360 g/mol. The number of hydrogen-bond acceptors (Lipinski definition) is 7. The van der Waals surface area contributed by atoms with E-state index in [1.54, 1.807) is 0 Å². The molecule has 1 aromatic carbocycles. The smallest absolute Gasteiger partial charge is 0.471 e. The zero-order valence-electron chi connectivity index (χ0n) is 13.1. The summed E-state index contributed by atoms with van der Waals surface area (Å²) in [6.45, 7) is -0.0426. The van der Waals surface area contributed by atoms with E-state index >= 15 is 0 Å². The van der Waals surface area contributed by atoms with Gasteiger partial charge in [-0.15, -0.1) is 5.10 Å². The minimum atomic E-state index is -4.80. The van der Waals surface area contributed by atoms with E-state index in [1.165, 1.54) is 31.5 Å². The van der Waals surface area contributed by atoms with Crippen molar-refractivity contribution < 1.29 is 31.6 Å². The van der Waals surface area contributed by atoms with Gasteiger partial charge < -0.3 is 14.0 Å². The van der Waals surface area contributed by atoms with Crippen LogP contribution in [0.3, 0.4) is 0 Å². The normalized spacial score (nSPS) is 11.4. The largest absolute Gasteiger partial charge is 0.495 e. The zero-order chi connectivity index (χ0) is 18.7. The molecule has 0 radical (unpaired) electrons. The van der Waals surface area contributed by atoms with Crippen molar-refractivity contribution >= 4 is 0 Å². The fourth-order valence-electron chi connectivity index (χ4n) is 1.95. The molecule has 0 fully saturated rings. The van der Waals surface area contributed by atoms with E-state index in [9.17, 15) is 17.6 Å². The molecule has 2 heterocycles. The lowest BCUT2D eigenvalue weighted by atomic mass is 10.1. The van der Waals surface area contributed by atoms with Crippen molar-refractivity contribution in [3.63, 3.8) is 0 Å². The summed E-state index contributed by atoms with van der Waals surface area (Å²) in [5.74, 6) is -2.26. The first-order valence-electron chi connectivity index (χ1n) is 7.06. The van der Waals surface area contributed by atoms with Crippen LogP contribution in [0.5, 0.6) is 11.6 Å². The Morgan fingerprint density at radius 1 is 1.19 bits per heavy atom. The molecule has 136 valence electrons. The van der Waals surface area contributed by atoms with Gasteiger partial charge in [0.05, 0.1) is 18.9 Å². The molecule has 11 heteroatoms. The van der Waals surface area contributed by atoms with Gasteiger partial charge in [0.1, 0.15) is 18.2 Å². The second-order valence-corrected chi connectivity index (χ2v) is 4.96. The van der Waals surface area contributed by atoms with Crippen molar-refractivity contribution in [2.45, 2.75) is 12.8 Å². The Morgan fingerprint density at radius 3 is 2.65 bits per heavy atom. The fourth-order valence-corrected chi connectivity index (χ4v) is 1.95. The number of benzene rings is 1. The van der Waals surface area contributed by atoms with Gasteiger partial charge >= 0.3 is 12.1 Å². The number of rotatable bonds is 5. The van der Waals surface area contributed by atoms with Crippen molar-refractivity contribution in [2.24, 2.45) is 0 Å². The second kappa shape index (κ2) is 6.94. The maximum absolute atomic E-state index is 14.2. The molecule has 0 N–H and O–H groups in total. The minimum Gasteiger partial charge on any atom is -0.495 e. The maximum atomic E-state index is 14.2. The van der Waals surface area contributed by atoms with Crippen LogP contribution in [0, 0.1) is 5.82 Å². The van der Waals surface area contributed by atoms with Crippen LogP contribution in [0.2, 0.25) is 0 Å². The average molecular weight is 370 g/mol. The Bertz CT molecular complexity index is 914. The Morgan fingerprint density at radius 2 is 2.00 bits per heavy atom. The van der Waals surface area contributed by atoms with E-state index in [0.717, 1.165) is 6.07 Å². The van der Waals surface area contributed by atoms with E-state index in [2.05, 4.69) is 24.9 Å². The summed E-state index contributed by atoms with van der Waals surface area (Å²) in [6, 6.07) is 5.27. The third-order valence-electron chi connectivity index (χ3n) is 3.17. The second-order valence-electron chi connectivity index (χ2n) is 4.96. The molecule has 0 aliphatic carbocycles. The predicted octanol–water partition coefficient (Wildman–Crippen LogP) is 3.27. The first kappa shape index (κ1) is 17.6. The van der Waals surface area contributed by atoms with Gasteiger partial charge in [0.25, 0.3) is 0 Å². The van der Waals surface area contributed by atoms with Crippen LogP contribution in [0.15, 0.2) is 35.0 Å². The molecule has 0 atom stereocenters. The molecule has 0 saturated carbocycles. The number of methoxy groups -OCH3 is 1. The molecule has 0 bridgehead atoms. The van der Waals surface area contributed by atoms with Gasteiger partial charge in [-0.2, -0.15) is 23.3 Å². The number of aromatic nitrogens is 4. The molecule has 7 nitrogen and oxygen atoms in total. The van der Waals surface area contributed by atoms with Crippen LogP contribution in [-0.4, -0.2) is 27.4 Å². The van der Waals surface area contributed by atoms with E-state index in [4.69, 9.17) is 9.47 Å². The van der Waals surface area contributed by atoms with Gasteiger partial charge in [-0.3, -0.25) is 0 Å². The Labute approximate surface area is 143 Å². The summed E-state index contributed by atoms with van der Waals surface area (Å²) in [4.78, 5) is 3.15.